The average Bonchev–Trinajstić information content (AvgIpc) is 2.40. The molecule has 1 fully saturated rings. The Hall–Kier alpha value is -1.16. The van der Waals surface area contributed by atoms with Crippen molar-refractivity contribution in [3.63, 3.8) is 0 Å². The summed E-state index contributed by atoms with van der Waals surface area (Å²) in [7, 11) is 0. The van der Waals surface area contributed by atoms with Crippen LogP contribution in [0.15, 0.2) is 11.1 Å². The van der Waals surface area contributed by atoms with Crippen LogP contribution in [0.3, 0.4) is 0 Å². The number of ketones is 1. The molecule has 0 aromatic rings. The average molecular weight is 196 g/mol. The SMILES string of the molecule is CC1=C(C)[C@@]2(O)CC(=O)O[C@@]2(C)C1=O. The first-order valence-electron chi connectivity index (χ1n) is 4.50. The Bertz CT molecular complexity index is 382. The molecule has 4 heteroatoms. The molecule has 1 N–H and O–H groups in total. The molecule has 0 unspecified atom stereocenters. The second kappa shape index (κ2) is 2.25. The van der Waals surface area contributed by atoms with E-state index >= 15 is 0 Å². The molecule has 1 heterocycles. The van der Waals surface area contributed by atoms with Crippen LogP contribution in [0, 0.1) is 0 Å². The molecule has 1 saturated heterocycles. The maximum Gasteiger partial charge on any atom is 0.310 e. The summed E-state index contributed by atoms with van der Waals surface area (Å²) in [5, 5.41) is 10.2. The topological polar surface area (TPSA) is 63.6 Å². The summed E-state index contributed by atoms with van der Waals surface area (Å²) in [5.74, 6) is -0.807. The molecule has 1 aliphatic carbocycles. The lowest BCUT2D eigenvalue weighted by Gasteiger charge is -2.29. The Kier molecular flexibility index (Phi) is 1.51. The van der Waals surface area contributed by atoms with Crippen molar-refractivity contribution in [2.75, 3.05) is 0 Å². The van der Waals surface area contributed by atoms with Crippen LogP contribution in [0.2, 0.25) is 0 Å². The molecule has 0 amide bonds. The summed E-state index contributed by atoms with van der Waals surface area (Å²) >= 11 is 0. The molecule has 0 aromatic carbocycles. The molecular weight excluding hydrogens is 184 g/mol. The molecule has 2 atom stereocenters. The van der Waals surface area contributed by atoms with Crippen LogP contribution in [0.1, 0.15) is 27.2 Å². The fraction of sp³-hybridized carbons (Fsp3) is 0.600. The molecule has 0 aromatic heterocycles. The van der Waals surface area contributed by atoms with E-state index in [1.54, 1.807) is 13.8 Å². The molecule has 4 nitrogen and oxygen atoms in total. The highest BCUT2D eigenvalue weighted by atomic mass is 16.6. The van der Waals surface area contributed by atoms with E-state index in [4.69, 9.17) is 4.74 Å². The highest BCUT2D eigenvalue weighted by Crippen LogP contribution is 2.49. The normalized spacial score (nSPS) is 41.7. The van der Waals surface area contributed by atoms with Crippen molar-refractivity contribution >= 4 is 11.8 Å². The van der Waals surface area contributed by atoms with Crippen molar-refractivity contribution < 1.29 is 19.4 Å². The minimum atomic E-state index is -1.43. The third-order valence-electron chi connectivity index (χ3n) is 3.46. The summed E-state index contributed by atoms with van der Waals surface area (Å²) in [6.07, 6.45) is -0.127. The monoisotopic (exact) mass is 196 g/mol. The van der Waals surface area contributed by atoms with Crippen LogP contribution in [0.5, 0.6) is 0 Å². The molecule has 14 heavy (non-hydrogen) atoms. The van der Waals surface area contributed by atoms with Crippen molar-refractivity contribution in [1.29, 1.82) is 0 Å². The van der Waals surface area contributed by atoms with Crippen LogP contribution >= 0.6 is 0 Å². The van der Waals surface area contributed by atoms with Gasteiger partial charge in [0.15, 0.2) is 0 Å². The predicted octanol–water partition coefficient (Wildman–Crippen LogP) is 0.342. The van der Waals surface area contributed by atoms with E-state index in [9.17, 15) is 14.7 Å². The number of esters is 1. The van der Waals surface area contributed by atoms with E-state index < -0.39 is 17.2 Å². The predicted molar refractivity (Wildman–Crippen MR) is 47.4 cm³/mol. The summed E-state index contributed by atoms with van der Waals surface area (Å²) in [4.78, 5) is 22.9. The first-order valence-corrected chi connectivity index (χ1v) is 4.50. The molecule has 76 valence electrons. The Labute approximate surface area is 81.6 Å². The lowest BCUT2D eigenvalue weighted by atomic mass is 9.83. The summed E-state index contributed by atoms with van der Waals surface area (Å²) in [5.41, 5.74) is -1.76. The Morgan fingerprint density at radius 3 is 2.43 bits per heavy atom. The lowest BCUT2D eigenvalue weighted by Crippen LogP contribution is -2.50. The Morgan fingerprint density at radius 1 is 1.36 bits per heavy atom. The van der Waals surface area contributed by atoms with Gasteiger partial charge in [0, 0.05) is 0 Å². The van der Waals surface area contributed by atoms with E-state index in [1.165, 1.54) is 6.92 Å². The molecule has 1 aliphatic heterocycles. The molecule has 0 radical (unpaired) electrons. The minimum absolute atomic E-state index is 0.127. The highest BCUT2D eigenvalue weighted by molar-refractivity contribution is 6.09. The highest BCUT2D eigenvalue weighted by Gasteiger charge is 2.66. The lowest BCUT2D eigenvalue weighted by molar-refractivity contribution is -0.159. The smallest absolute Gasteiger partial charge is 0.310 e. The number of carbonyl (C=O) groups excluding carboxylic acids is 2. The van der Waals surface area contributed by atoms with E-state index in [0.29, 0.717) is 11.1 Å². The number of aliphatic hydroxyl groups is 1. The first-order chi connectivity index (χ1) is 6.33. The summed E-state index contributed by atoms with van der Waals surface area (Å²) in [6.45, 7) is 4.79. The maximum atomic E-state index is 11.8. The first kappa shape index (κ1) is 9.40. The van der Waals surface area contributed by atoms with Gasteiger partial charge >= 0.3 is 5.97 Å². The van der Waals surface area contributed by atoms with Crippen molar-refractivity contribution in [3.05, 3.63) is 11.1 Å². The van der Waals surface area contributed by atoms with Crippen LogP contribution in [0.4, 0.5) is 0 Å². The van der Waals surface area contributed by atoms with Gasteiger partial charge in [-0.15, -0.1) is 0 Å². The number of carbonyl (C=O) groups is 2. The van der Waals surface area contributed by atoms with Crippen LogP contribution < -0.4 is 0 Å². The fourth-order valence-electron chi connectivity index (χ4n) is 2.29. The zero-order valence-corrected chi connectivity index (χ0v) is 8.38. The Balaban J connectivity index is 2.63. The third-order valence-corrected chi connectivity index (χ3v) is 3.46. The molecule has 2 aliphatic rings. The second-order valence-electron chi connectivity index (χ2n) is 4.12. The molecule has 0 spiro atoms. The van der Waals surface area contributed by atoms with Gasteiger partial charge < -0.3 is 9.84 Å². The molecule has 0 saturated carbocycles. The van der Waals surface area contributed by atoms with Gasteiger partial charge in [-0.2, -0.15) is 0 Å². The van der Waals surface area contributed by atoms with E-state index in [0.717, 1.165) is 0 Å². The number of hydrogen-bond donors (Lipinski definition) is 1. The van der Waals surface area contributed by atoms with Gasteiger partial charge in [0.05, 0.1) is 6.42 Å². The minimum Gasteiger partial charge on any atom is -0.447 e. The van der Waals surface area contributed by atoms with Crippen LogP contribution in [0.25, 0.3) is 0 Å². The Morgan fingerprint density at radius 2 is 1.93 bits per heavy atom. The fourth-order valence-corrected chi connectivity index (χ4v) is 2.29. The standard InChI is InChI=1S/C10H12O4/c1-5-6(2)10(13)4-7(11)14-9(10,3)8(5)12/h13H,4H2,1-3H3/t9-,10-/m0/s1. The van der Waals surface area contributed by atoms with E-state index in [-0.39, 0.29) is 12.2 Å². The maximum absolute atomic E-state index is 11.8. The second-order valence-corrected chi connectivity index (χ2v) is 4.12. The number of ether oxygens (including phenoxy) is 1. The van der Waals surface area contributed by atoms with E-state index in [2.05, 4.69) is 0 Å². The van der Waals surface area contributed by atoms with Crippen molar-refractivity contribution in [2.24, 2.45) is 0 Å². The number of hydrogen-bond acceptors (Lipinski definition) is 4. The van der Waals surface area contributed by atoms with Crippen molar-refractivity contribution in [3.8, 4) is 0 Å². The summed E-state index contributed by atoms with van der Waals surface area (Å²) < 4.78 is 4.95. The van der Waals surface area contributed by atoms with Gasteiger partial charge in [0.1, 0.15) is 5.60 Å². The number of fused-ring (bicyclic) bond motifs is 1. The van der Waals surface area contributed by atoms with Gasteiger partial charge in [0.25, 0.3) is 0 Å². The molecule has 0 bridgehead atoms. The summed E-state index contributed by atoms with van der Waals surface area (Å²) in [6, 6.07) is 0. The van der Waals surface area contributed by atoms with Gasteiger partial charge in [-0.1, -0.05) is 0 Å². The van der Waals surface area contributed by atoms with Gasteiger partial charge in [-0.3, -0.25) is 9.59 Å². The molecular formula is C10H12O4. The quantitative estimate of drug-likeness (QED) is 0.567. The van der Waals surface area contributed by atoms with Gasteiger partial charge in [-0.05, 0) is 31.9 Å². The third kappa shape index (κ3) is 0.733. The van der Waals surface area contributed by atoms with Crippen LogP contribution in [-0.4, -0.2) is 28.1 Å². The van der Waals surface area contributed by atoms with E-state index in [1.807, 2.05) is 0 Å². The van der Waals surface area contributed by atoms with Crippen LogP contribution in [-0.2, 0) is 14.3 Å². The van der Waals surface area contributed by atoms with Gasteiger partial charge in [0.2, 0.25) is 11.4 Å². The van der Waals surface area contributed by atoms with Gasteiger partial charge in [-0.25, -0.2) is 0 Å². The number of rotatable bonds is 0. The van der Waals surface area contributed by atoms with Crippen molar-refractivity contribution in [2.45, 2.75) is 38.4 Å². The largest absolute Gasteiger partial charge is 0.447 e. The molecule has 2 rings (SSSR count). The zero-order valence-electron chi connectivity index (χ0n) is 8.38. The van der Waals surface area contributed by atoms with Crippen molar-refractivity contribution in [1.82, 2.24) is 0 Å². The zero-order chi connectivity index (χ0) is 10.7. The number of Topliss-reactive ketones (excluding diaryl/α,β-unsaturated/α-hetero) is 1.